The van der Waals surface area contributed by atoms with Gasteiger partial charge in [-0.25, -0.2) is 8.78 Å². The lowest BCUT2D eigenvalue weighted by molar-refractivity contribution is 0.311. The first kappa shape index (κ1) is 22.0. The fraction of sp³-hybridized carbons (Fsp3) is 0.385. The molecular weight excluding hydrogens is 452 g/mol. The second kappa shape index (κ2) is 8.64. The minimum Gasteiger partial charge on any atom is -0.448 e. The molecule has 1 saturated carbocycles. The Morgan fingerprint density at radius 2 is 1.89 bits per heavy atom. The van der Waals surface area contributed by atoms with E-state index in [9.17, 15) is 4.39 Å². The van der Waals surface area contributed by atoms with E-state index < -0.39 is 11.6 Å². The number of hydrogen-bond acceptors (Lipinski definition) is 7. The van der Waals surface area contributed by atoms with Crippen LogP contribution in [0.2, 0.25) is 0 Å². The number of piperazine rings is 1. The standard InChI is InChI=1S/C26H27F2N5O2/c1-15-9-18-19(10-15)25(28)21(12-20(18)27)35-26-30-22(29-24-11-17(14-34-24)16-3-4-16)13-23(31-26)33-7-5-32(2)6-8-33/h10-14,16H,3-9H2,1-2H3,(H,29,30,31). The number of nitrogens with zero attached hydrogens (tertiary/aromatic N) is 4. The van der Waals surface area contributed by atoms with E-state index in [0.29, 0.717) is 35.4 Å². The Hall–Kier alpha value is -3.46. The van der Waals surface area contributed by atoms with Gasteiger partial charge in [0, 0.05) is 55.5 Å². The van der Waals surface area contributed by atoms with Crippen LogP contribution in [0, 0.1) is 11.6 Å². The minimum absolute atomic E-state index is 0.0603. The summed E-state index contributed by atoms with van der Waals surface area (Å²) in [7, 11) is 2.08. The van der Waals surface area contributed by atoms with Crippen LogP contribution >= 0.6 is 0 Å². The number of halogens is 2. The molecule has 35 heavy (non-hydrogen) atoms. The molecule has 0 unspecified atom stereocenters. The highest BCUT2D eigenvalue weighted by atomic mass is 19.1. The summed E-state index contributed by atoms with van der Waals surface area (Å²) in [4.78, 5) is 13.4. The lowest BCUT2D eigenvalue weighted by Gasteiger charge is -2.33. The highest BCUT2D eigenvalue weighted by Gasteiger charge is 2.26. The van der Waals surface area contributed by atoms with Crippen LogP contribution < -0.4 is 15.0 Å². The van der Waals surface area contributed by atoms with Crippen molar-refractivity contribution in [3.05, 3.63) is 58.4 Å². The van der Waals surface area contributed by atoms with Gasteiger partial charge in [0.1, 0.15) is 17.5 Å². The van der Waals surface area contributed by atoms with Gasteiger partial charge in [0.25, 0.3) is 0 Å². The second-order valence-electron chi connectivity index (χ2n) is 9.66. The number of allylic oxidation sites excluding steroid dienone is 1. The first-order chi connectivity index (χ1) is 16.9. The van der Waals surface area contributed by atoms with Gasteiger partial charge >= 0.3 is 6.01 Å². The Kier molecular flexibility index (Phi) is 5.44. The molecule has 1 aromatic carbocycles. The van der Waals surface area contributed by atoms with Crippen LogP contribution in [0.5, 0.6) is 11.8 Å². The average Bonchev–Trinajstić information content (AvgIpc) is 3.45. The second-order valence-corrected chi connectivity index (χ2v) is 9.66. The monoisotopic (exact) mass is 479 g/mol. The zero-order valence-electron chi connectivity index (χ0n) is 19.8. The van der Waals surface area contributed by atoms with E-state index in [-0.39, 0.29) is 17.3 Å². The normalized spacial score (nSPS) is 17.9. The first-order valence-electron chi connectivity index (χ1n) is 12.0. The molecule has 3 aromatic rings. The van der Waals surface area contributed by atoms with Crippen LogP contribution in [-0.4, -0.2) is 48.1 Å². The van der Waals surface area contributed by atoms with Crippen molar-refractivity contribution in [2.45, 2.75) is 32.1 Å². The molecule has 7 nitrogen and oxygen atoms in total. The molecule has 2 aliphatic carbocycles. The lowest BCUT2D eigenvalue weighted by Crippen LogP contribution is -2.44. The number of nitrogens with one attached hydrogen (secondary N) is 1. The van der Waals surface area contributed by atoms with Crippen LogP contribution in [0.4, 0.5) is 26.3 Å². The molecule has 0 amide bonds. The summed E-state index contributed by atoms with van der Waals surface area (Å²) in [6.07, 6.45) is 6.17. The quantitative estimate of drug-likeness (QED) is 0.503. The zero-order valence-corrected chi connectivity index (χ0v) is 19.8. The number of anilines is 3. The molecule has 182 valence electrons. The molecule has 3 aliphatic rings. The van der Waals surface area contributed by atoms with Crippen molar-refractivity contribution in [2.75, 3.05) is 43.4 Å². The third-order valence-electron chi connectivity index (χ3n) is 6.81. The molecule has 9 heteroatoms. The van der Waals surface area contributed by atoms with E-state index in [1.54, 1.807) is 12.3 Å². The smallest absolute Gasteiger partial charge is 0.326 e. The number of furan rings is 1. The van der Waals surface area contributed by atoms with Gasteiger partial charge in [-0.2, -0.15) is 9.97 Å². The van der Waals surface area contributed by atoms with Gasteiger partial charge in [-0.15, -0.1) is 0 Å². The summed E-state index contributed by atoms with van der Waals surface area (Å²) in [5.41, 5.74) is 2.65. The van der Waals surface area contributed by atoms with E-state index in [0.717, 1.165) is 43.4 Å². The molecule has 6 rings (SSSR count). The van der Waals surface area contributed by atoms with Crippen LogP contribution in [0.3, 0.4) is 0 Å². The number of fused-ring (bicyclic) bond motifs is 1. The topological polar surface area (TPSA) is 66.7 Å². The van der Waals surface area contributed by atoms with Crippen LogP contribution in [0.1, 0.15) is 42.4 Å². The molecule has 0 atom stereocenters. The summed E-state index contributed by atoms with van der Waals surface area (Å²) in [6.45, 7) is 5.20. The van der Waals surface area contributed by atoms with Gasteiger partial charge in [-0.1, -0.05) is 11.6 Å². The molecule has 3 heterocycles. The number of hydrogen-bond donors (Lipinski definition) is 1. The van der Waals surface area contributed by atoms with Gasteiger partial charge < -0.3 is 24.3 Å². The van der Waals surface area contributed by atoms with Gasteiger partial charge in [0.2, 0.25) is 0 Å². The molecule has 0 radical (unpaired) electrons. The highest BCUT2D eigenvalue weighted by Crippen LogP contribution is 2.42. The third kappa shape index (κ3) is 4.48. The number of ether oxygens (including phenoxy) is 1. The van der Waals surface area contributed by atoms with Crippen molar-refractivity contribution < 1.29 is 17.9 Å². The summed E-state index contributed by atoms with van der Waals surface area (Å²) in [5, 5.41) is 3.18. The van der Waals surface area contributed by atoms with Crippen molar-refractivity contribution in [3.63, 3.8) is 0 Å². The number of likely N-dealkylation sites (N-methyl/N-ethyl adjacent to an activating group) is 1. The first-order valence-corrected chi connectivity index (χ1v) is 12.0. The van der Waals surface area contributed by atoms with Crippen molar-refractivity contribution in [1.29, 1.82) is 0 Å². The number of aromatic nitrogens is 2. The van der Waals surface area contributed by atoms with Crippen molar-refractivity contribution in [1.82, 2.24) is 14.9 Å². The lowest BCUT2D eigenvalue weighted by atomic mass is 10.1. The molecule has 1 N–H and O–H groups in total. The maximum Gasteiger partial charge on any atom is 0.326 e. The van der Waals surface area contributed by atoms with Crippen molar-refractivity contribution in [3.8, 4) is 11.8 Å². The number of rotatable bonds is 6. The predicted molar refractivity (Wildman–Crippen MR) is 129 cm³/mol. The Labute approximate surface area is 202 Å². The fourth-order valence-electron chi connectivity index (χ4n) is 4.63. The summed E-state index contributed by atoms with van der Waals surface area (Å²) >= 11 is 0. The van der Waals surface area contributed by atoms with Crippen molar-refractivity contribution >= 4 is 23.6 Å². The van der Waals surface area contributed by atoms with Crippen LogP contribution in [-0.2, 0) is 6.42 Å². The van der Waals surface area contributed by atoms with Crippen LogP contribution in [0.15, 0.2) is 34.5 Å². The summed E-state index contributed by atoms with van der Waals surface area (Å²) < 4.78 is 41.3. The summed E-state index contributed by atoms with van der Waals surface area (Å²) in [6, 6.07) is 4.81. The largest absolute Gasteiger partial charge is 0.448 e. The number of benzene rings is 1. The van der Waals surface area contributed by atoms with E-state index in [1.807, 2.05) is 19.1 Å². The highest BCUT2D eigenvalue weighted by molar-refractivity contribution is 5.66. The Bertz CT molecular complexity index is 1310. The SMILES string of the molecule is CC1=Cc2c(F)c(Oc3nc(Nc4cc(C5CC5)co4)cc(N4CCN(C)CC4)n3)cc(F)c2C1. The molecule has 2 fully saturated rings. The van der Waals surface area contributed by atoms with E-state index >= 15 is 4.39 Å². The van der Waals surface area contributed by atoms with E-state index in [4.69, 9.17) is 9.15 Å². The Balaban J connectivity index is 1.33. The maximum atomic E-state index is 15.2. The summed E-state index contributed by atoms with van der Waals surface area (Å²) in [5.74, 6) is 0.896. The maximum absolute atomic E-state index is 15.2. The average molecular weight is 480 g/mol. The molecule has 1 aliphatic heterocycles. The van der Waals surface area contributed by atoms with Crippen molar-refractivity contribution in [2.24, 2.45) is 0 Å². The van der Waals surface area contributed by atoms with Crippen LogP contribution in [0.25, 0.3) is 6.08 Å². The Morgan fingerprint density at radius 3 is 2.66 bits per heavy atom. The van der Waals surface area contributed by atoms with Gasteiger partial charge in [0.15, 0.2) is 17.5 Å². The fourth-order valence-corrected chi connectivity index (χ4v) is 4.63. The Morgan fingerprint density at radius 1 is 1.09 bits per heavy atom. The molecule has 0 spiro atoms. The van der Waals surface area contributed by atoms with Gasteiger partial charge in [-0.3, -0.25) is 0 Å². The zero-order chi connectivity index (χ0) is 24.1. The molecular formula is C26H27F2N5O2. The minimum atomic E-state index is -0.610. The predicted octanol–water partition coefficient (Wildman–Crippen LogP) is 5.47. The van der Waals surface area contributed by atoms with Gasteiger partial charge in [-0.05, 0) is 44.7 Å². The van der Waals surface area contributed by atoms with Gasteiger partial charge in [0.05, 0.1) is 6.26 Å². The third-order valence-corrected chi connectivity index (χ3v) is 6.81. The molecule has 1 saturated heterocycles. The molecule has 2 aromatic heterocycles. The van der Waals surface area contributed by atoms with E-state index in [2.05, 4.69) is 32.1 Å². The molecule has 0 bridgehead atoms. The van der Waals surface area contributed by atoms with E-state index in [1.165, 1.54) is 12.8 Å².